The van der Waals surface area contributed by atoms with Crippen LogP contribution >= 0.6 is 11.3 Å². The molecule has 2 atom stereocenters. The van der Waals surface area contributed by atoms with Gasteiger partial charge in [-0.3, -0.25) is 4.40 Å². The van der Waals surface area contributed by atoms with Crippen LogP contribution < -0.4 is 5.32 Å². The molecule has 110 valence electrons. The third-order valence-electron chi connectivity index (χ3n) is 4.79. The molecule has 2 unspecified atom stereocenters. The summed E-state index contributed by atoms with van der Waals surface area (Å²) in [6, 6.07) is 0.692. The number of rotatable bonds is 4. The molecule has 0 bridgehead atoms. The van der Waals surface area contributed by atoms with E-state index in [0.717, 1.165) is 17.4 Å². The number of hydrogen-bond donors (Lipinski definition) is 1. The Morgan fingerprint density at radius 3 is 2.95 bits per heavy atom. The number of nitrogens with one attached hydrogen (secondary N) is 1. The van der Waals surface area contributed by atoms with Crippen LogP contribution in [-0.4, -0.2) is 15.4 Å². The number of thiazole rings is 1. The van der Waals surface area contributed by atoms with Crippen molar-refractivity contribution >= 4 is 16.3 Å². The normalized spacial score (nSPS) is 23.6. The van der Waals surface area contributed by atoms with Crippen LogP contribution in [0.4, 0.5) is 0 Å². The van der Waals surface area contributed by atoms with Crippen molar-refractivity contribution < 1.29 is 0 Å². The van der Waals surface area contributed by atoms with E-state index in [9.17, 15) is 0 Å². The molecule has 1 saturated carbocycles. The van der Waals surface area contributed by atoms with Gasteiger partial charge in [-0.25, -0.2) is 4.98 Å². The Morgan fingerprint density at radius 1 is 1.35 bits per heavy atom. The van der Waals surface area contributed by atoms with Crippen molar-refractivity contribution in [1.29, 1.82) is 0 Å². The Labute approximate surface area is 125 Å². The Hall–Kier alpha value is -0.870. The Kier molecular flexibility index (Phi) is 4.13. The smallest absolute Gasteiger partial charge is 0.194 e. The van der Waals surface area contributed by atoms with Gasteiger partial charge in [0.15, 0.2) is 4.96 Å². The molecular formula is C16H25N3S. The molecule has 0 amide bonds. The number of imidazole rings is 1. The largest absolute Gasteiger partial charge is 0.308 e. The summed E-state index contributed by atoms with van der Waals surface area (Å²) in [4.78, 5) is 5.81. The molecular weight excluding hydrogens is 266 g/mol. The summed E-state index contributed by atoms with van der Waals surface area (Å²) in [5, 5.41) is 6.01. The maximum absolute atomic E-state index is 4.68. The second-order valence-electron chi connectivity index (χ2n) is 6.08. The summed E-state index contributed by atoms with van der Waals surface area (Å²) in [7, 11) is 0. The Balaban J connectivity index is 1.76. The molecule has 4 heteroatoms. The van der Waals surface area contributed by atoms with Crippen molar-refractivity contribution in [3.8, 4) is 0 Å². The lowest BCUT2D eigenvalue weighted by Crippen LogP contribution is -2.38. The lowest BCUT2D eigenvalue weighted by molar-refractivity contribution is 0.253. The summed E-state index contributed by atoms with van der Waals surface area (Å²) >= 11 is 1.74. The van der Waals surface area contributed by atoms with E-state index >= 15 is 0 Å². The summed E-state index contributed by atoms with van der Waals surface area (Å²) in [6.07, 6.45) is 6.83. The molecule has 1 aliphatic carbocycles. The predicted molar refractivity (Wildman–Crippen MR) is 85.4 cm³/mol. The molecule has 0 spiro atoms. The van der Waals surface area contributed by atoms with Gasteiger partial charge >= 0.3 is 0 Å². The van der Waals surface area contributed by atoms with Crippen molar-refractivity contribution in [2.24, 2.45) is 5.92 Å². The average Bonchev–Trinajstić information content (AvgIpc) is 2.96. The van der Waals surface area contributed by atoms with Crippen molar-refractivity contribution in [2.75, 3.05) is 0 Å². The second-order valence-corrected chi connectivity index (χ2v) is 6.92. The van der Waals surface area contributed by atoms with Crippen LogP contribution in [0.1, 0.15) is 56.1 Å². The molecule has 0 aliphatic heterocycles. The molecule has 20 heavy (non-hydrogen) atoms. The fraction of sp³-hybridized carbons (Fsp3) is 0.688. The van der Waals surface area contributed by atoms with E-state index in [1.807, 2.05) is 0 Å². The SMILES string of the molecule is CCC1CCCCC1NCc1c(C)nc2scc(C)n12. The highest BCUT2D eigenvalue weighted by molar-refractivity contribution is 7.15. The molecule has 0 aromatic carbocycles. The number of fused-ring (bicyclic) bond motifs is 1. The highest BCUT2D eigenvalue weighted by Crippen LogP contribution is 2.27. The zero-order chi connectivity index (χ0) is 14.1. The van der Waals surface area contributed by atoms with Crippen molar-refractivity contribution in [1.82, 2.24) is 14.7 Å². The van der Waals surface area contributed by atoms with Crippen molar-refractivity contribution in [3.05, 3.63) is 22.5 Å². The van der Waals surface area contributed by atoms with Gasteiger partial charge < -0.3 is 5.32 Å². The molecule has 0 radical (unpaired) electrons. The van der Waals surface area contributed by atoms with Gasteiger partial charge in [-0.2, -0.15) is 0 Å². The highest BCUT2D eigenvalue weighted by atomic mass is 32.1. The van der Waals surface area contributed by atoms with Gasteiger partial charge in [0.05, 0.1) is 11.4 Å². The fourth-order valence-corrected chi connectivity index (χ4v) is 4.50. The second kappa shape index (κ2) is 5.86. The monoisotopic (exact) mass is 291 g/mol. The summed E-state index contributed by atoms with van der Waals surface area (Å²) in [6.45, 7) is 7.58. The van der Waals surface area contributed by atoms with Gasteiger partial charge in [0, 0.05) is 23.7 Å². The van der Waals surface area contributed by atoms with E-state index in [1.165, 1.54) is 49.2 Å². The minimum atomic E-state index is 0.692. The quantitative estimate of drug-likeness (QED) is 0.920. The number of hydrogen-bond acceptors (Lipinski definition) is 3. The van der Waals surface area contributed by atoms with Crippen LogP contribution in [0.3, 0.4) is 0 Å². The van der Waals surface area contributed by atoms with Gasteiger partial charge in [-0.1, -0.05) is 26.2 Å². The minimum absolute atomic E-state index is 0.692. The maximum Gasteiger partial charge on any atom is 0.194 e. The van der Waals surface area contributed by atoms with Crippen LogP contribution in [0.25, 0.3) is 4.96 Å². The van der Waals surface area contributed by atoms with Gasteiger partial charge in [0.1, 0.15) is 0 Å². The highest BCUT2D eigenvalue weighted by Gasteiger charge is 2.23. The van der Waals surface area contributed by atoms with Gasteiger partial charge in [0.25, 0.3) is 0 Å². The zero-order valence-electron chi connectivity index (χ0n) is 12.8. The molecule has 3 nitrogen and oxygen atoms in total. The van der Waals surface area contributed by atoms with E-state index in [-0.39, 0.29) is 0 Å². The van der Waals surface area contributed by atoms with Crippen LogP contribution in [0, 0.1) is 19.8 Å². The topological polar surface area (TPSA) is 29.3 Å². The van der Waals surface area contributed by atoms with E-state index < -0.39 is 0 Å². The van der Waals surface area contributed by atoms with E-state index in [0.29, 0.717) is 6.04 Å². The molecule has 0 saturated heterocycles. The van der Waals surface area contributed by atoms with Gasteiger partial charge in [0.2, 0.25) is 0 Å². The number of aryl methyl sites for hydroxylation is 2. The fourth-order valence-electron chi connectivity index (χ4n) is 3.57. The first kappa shape index (κ1) is 14.1. The summed E-state index contributed by atoms with van der Waals surface area (Å²) in [5.74, 6) is 0.857. The molecule has 3 rings (SSSR count). The van der Waals surface area contributed by atoms with Crippen LogP contribution in [0.15, 0.2) is 5.38 Å². The van der Waals surface area contributed by atoms with Gasteiger partial charge in [-0.15, -0.1) is 11.3 Å². The summed E-state index contributed by atoms with van der Waals surface area (Å²) < 4.78 is 2.32. The standard InChI is InChI=1S/C16H25N3S/c1-4-13-7-5-6-8-14(13)17-9-15-12(3)18-16-19(15)11(2)10-20-16/h10,13-14,17H,4-9H2,1-3H3. The molecule has 1 N–H and O–H groups in total. The summed E-state index contributed by atoms with van der Waals surface area (Å²) in [5.41, 5.74) is 3.83. The van der Waals surface area contributed by atoms with Gasteiger partial charge in [-0.05, 0) is 32.6 Å². The third kappa shape index (κ3) is 2.51. The molecule has 2 aromatic rings. The maximum atomic E-state index is 4.68. The van der Waals surface area contributed by atoms with Crippen molar-refractivity contribution in [3.63, 3.8) is 0 Å². The molecule has 2 heterocycles. The molecule has 2 aromatic heterocycles. The minimum Gasteiger partial charge on any atom is -0.308 e. The van der Waals surface area contributed by atoms with Crippen LogP contribution in [0.2, 0.25) is 0 Å². The van der Waals surface area contributed by atoms with E-state index in [1.54, 1.807) is 11.3 Å². The van der Waals surface area contributed by atoms with Crippen molar-refractivity contribution in [2.45, 2.75) is 65.5 Å². The predicted octanol–water partition coefficient (Wildman–Crippen LogP) is 4.07. The van der Waals surface area contributed by atoms with Crippen LogP contribution in [-0.2, 0) is 6.54 Å². The number of aromatic nitrogens is 2. The Morgan fingerprint density at radius 2 is 2.15 bits per heavy atom. The number of nitrogens with zero attached hydrogens (tertiary/aromatic N) is 2. The zero-order valence-corrected chi connectivity index (χ0v) is 13.6. The third-order valence-corrected chi connectivity index (χ3v) is 5.74. The first-order chi connectivity index (χ1) is 9.70. The molecule has 1 aliphatic rings. The lowest BCUT2D eigenvalue weighted by Gasteiger charge is -2.31. The average molecular weight is 291 g/mol. The van der Waals surface area contributed by atoms with E-state index in [2.05, 4.69) is 40.9 Å². The lowest BCUT2D eigenvalue weighted by atomic mass is 9.83. The molecule has 1 fully saturated rings. The first-order valence-corrected chi connectivity index (χ1v) is 8.74. The first-order valence-electron chi connectivity index (χ1n) is 7.86. The van der Waals surface area contributed by atoms with E-state index in [4.69, 9.17) is 0 Å². The van der Waals surface area contributed by atoms with Crippen LogP contribution in [0.5, 0.6) is 0 Å². The Bertz CT molecular complexity index is 584.